The molecule has 0 spiro atoms. The van der Waals surface area contributed by atoms with Crippen molar-refractivity contribution >= 4 is 11.3 Å². The van der Waals surface area contributed by atoms with Crippen LogP contribution < -0.4 is 5.32 Å². The molecule has 0 amide bonds. The first-order chi connectivity index (χ1) is 8.79. The van der Waals surface area contributed by atoms with E-state index in [2.05, 4.69) is 59.9 Å². The molecule has 18 heavy (non-hydrogen) atoms. The molecule has 1 unspecified atom stereocenters. The van der Waals surface area contributed by atoms with Crippen LogP contribution in [0.4, 0.5) is 0 Å². The lowest BCUT2D eigenvalue weighted by molar-refractivity contribution is 0.526. The highest BCUT2D eigenvalue weighted by atomic mass is 32.1. The third-order valence-corrected chi connectivity index (χ3v) is 3.93. The fraction of sp³-hybridized carbons (Fsp3) is 0.400. The lowest BCUT2D eigenvalue weighted by Crippen LogP contribution is -2.24. The van der Waals surface area contributed by atoms with E-state index in [4.69, 9.17) is 0 Å². The Balaban J connectivity index is 2.10. The molecule has 0 saturated heterocycles. The molecule has 1 heterocycles. The van der Waals surface area contributed by atoms with Crippen LogP contribution >= 0.6 is 11.3 Å². The SMILES string of the molecule is CCCNC(Cc1ccccc1)c1nc(C)cs1. The van der Waals surface area contributed by atoms with Gasteiger partial charge >= 0.3 is 0 Å². The highest BCUT2D eigenvalue weighted by Gasteiger charge is 2.14. The maximum Gasteiger partial charge on any atom is 0.110 e. The van der Waals surface area contributed by atoms with Crippen molar-refractivity contribution < 1.29 is 0 Å². The molecule has 96 valence electrons. The minimum Gasteiger partial charge on any atom is -0.308 e. The molecule has 0 saturated carbocycles. The van der Waals surface area contributed by atoms with Gasteiger partial charge in [-0.05, 0) is 31.9 Å². The van der Waals surface area contributed by atoms with Crippen molar-refractivity contribution in [2.75, 3.05) is 6.54 Å². The summed E-state index contributed by atoms with van der Waals surface area (Å²) in [6, 6.07) is 11.0. The lowest BCUT2D eigenvalue weighted by Gasteiger charge is -2.16. The Morgan fingerprint density at radius 2 is 2.06 bits per heavy atom. The van der Waals surface area contributed by atoms with Crippen LogP contribution in [0.1, 0.15) is 35.7 Å². The van der Waals surface area contributed by atoms with Gasteiger partial charge in [0.15, 0.2) is 0 Å². The van der Waals surface area contributed by atoms with Crippen molar-refractivity contribution in [2.24, 2.45) is 0 Å². The van der Waals surface area contributed by atoms with Gasteiger partial charge in [-0.15, -0.1) is 11.3 Å². The summed E-state index contributed by atoms with van der Waals surface area (Å²) in [6.07, 6.45) is 2.16. The van der Waals surface area contributed by atoms with E-state index >= 15 is 0 Å². The van der Waals surface area contributed by atoms with E-state index in [1.54, 1.807) is 11.3 Å². The summed E-state index contributed by atoms with van der Waals surface area (Å²) in [7, 11) is 0. The molecule has 0 fully saturated rings. The Morgan fingerprint density at radius 3 is 2.67 bits per heavy atom. The van der Waals surface area contributed by atoms with E-state index in [1.165, 1.54) is 10.6 Å². The average molecular weight is 260 g/mol. The second-order valence-corrected chi connectivity index (χ2v) is 5.41. The molecule has 0 aliphatic heterocycles. The minimum absolute atomic E-state index is 0.339. The largest absolute Gasteiger partial charge is 0.308 e. The standard InChI is InChI=1S/C15H20N2S/c1-3-9-16-14(15-17-12(2)11-18-15)10-13-7-5-4-6-8-13/h4-8,11,14,16H,3,9-10H2,1-2H3. The smallest absolute Gasteiger partial charge is 0.110 e. The van der Waals surface area contributed by atoms with Crippen LogP contribution in [-0.2, 0) is 6.42 Å². The molecule has 1 N–H and O–H groups in total. The zero-order chi connectivity index (χ0) is 12.8. The first kappa shape index (κ1) is 13.2. The predicted molar refractivity (Wildman–Crippen MR) is 78.0 cm³/mol. The van der Waals surface area contributed by atoms with Crippen LogP contribution in [0.15, 0.2) is 35.7 Å². The first-order valence-corrected chi connectivity index (χ1v) is 7.37. The second-order valence-electron chi connectivity index (χ2n) is 4.52. The molecule has 2 rings (SSSR count). The van der Waals surface area contributed by atoms with Gasteiger partial charge in [0.25, 0.3) is 0 Å². The molecule has 0 aliphatic carbocycles. The number of rotatable bonds is 6. The average Bonchev–Trinajstić information content (AvgIpc) is 2.82. The van der Waals surface area contributed by atoms with Gasteiger partial charge in [0.1, 0.15) is 5.01 Å². The van der Waals surface area contributed by atoms with Gasteiger partial charge in [-0.2, -0.15) is 0 Å². The fourth-order valence-corrected chi connectivity index (χ4v) is 2.82. The summed E-state index contributed by atoms with van der Waals surface area (Å²) in [4.78, 5) is 4.62. The first-order valence-electron chi connectivity index (χ1n) is 6.49. The van der Waals surface area contributed by atoms with Gasteiger partial charge in [0.05, 0.1) is 6.04 Å². The van der Waals surface area contributed by atoms with Gasteiger partial charge in [-0.25, -0.2) is 4.98 Å². The van der Waals surface area contributed by atoms with Crippen molar-refractivity contribution in [3.8, 4) is 0 Å². The molecule has 0 bridgehead atoms. The van der Waals surface area contributed by atoms with Crippen molar-refractivity contribution in [1.82, 2.24) is 10.3 Å². The molecule has 1 aromatic carbocycles. The van der Waals surface area contributed by atoms with Crippen LogP contribution in [-0.4, -0.2) is 11.5 Å². The number of benzene rings is 1. The van der Waals surface area contributed by atoms with Crippen LogP contribution in [0.5, 0.6) is 0 Å². The van der Waals surface area contributed by atoms with Crippen molar-refractivity contribution in [3.63, 3.8) is 0 Å². The Labute approximate surface area is 113 Å². The quantitative estimate of drug-likeness (QED) is 0.856. The van der Waals surface area contributed by atoms with Gasteiger partial charge in [-0.1, -0.05) is 37.3 Å². The van der Waals surface area contributed by atoms with Crippen molar-refractivity contribution in [1.29, 1.82) is 0 Å². The number of aromatic nitrogens is 1. The molecular weight excluding hydrogens is 240 g/mol. The number of aryl methyl sites for hydroxylation is 1. The topological polar surface area (TPSA) is 24.9 Å². The van der Waals surface area contributed by atoms with Crippen LogP contribution in [0.25, 0.3) is 0 Å². The third kappa shape index (κ3) is 3.65. The number of hydrogen-bond donors (Lipinski definition) is 1. The molecule has 0 aliphatic rings. The summed E-state index contributed by atoms with van der Waals surface area (Å²) in [5, 5.41) is 6.92. The molecule has 2 aromatic rings. The van der Waals surface area contributed by atoms with Gasteiger partial charge in [-0.3, -0.25) is 0 Å². The Hall–Kier alpha value is -1.19. The molecule has 0 radical (unpaired) electrons. The summed E-state index contributed by atoms with van der Waals surface area (Å²) in [5.41, 5.74) is 2.48. The Morgan fingerprint density at radius 1 is 1.28 bits per heavy atom. The number of hydrogen-bond acceptors (Lipinski definition) is 3. The van der Waals surface area contributed by atoms with E-state index in [0.717, 1.165) is 25.1 Å². The van der Waals surface area contributed by atoms with Crippen LogP contribution in [0.2, 0.25) is 0 Å². The third-order valence-electron chi connectivity index (χ3n) is 2.86. The van der Waals surface area contributed by atoms with Gasteiger partial charge in [0, 0.05) is 11.1 Å². The number of nitrogens with one attached hydrogen (secondary N) is 1. The number of nitrogens with zero attached hydrogens (tertiary/aromatic N) is 1. The zero-order valence-corrected chi connectivity index (χ0v) is 11.8. The van der Waals surface area contributed by atoms with E-state index in [1.807, 2.05) is 0 Å². The molecular formula is C15H20N2S. The van der Waals surface area contributed by atoms with Gasteiger partial charge < -0.3 is 5.32 Å². The van der Waals surface area contributed by atoms with E-state index in [0.29, 0.717) is 6.04 Å². The van der Waals surface area contributed by atoms with Crippen molar-refractivity contribution in [2.45, 2.75) is 32.7 Å². The van der Waals surface area contributed by atoms with E-state index < -0.39 is 0 Å². The minimum atomic E-state index is 0.339. The fourth-order valence-electron chi connectivity index (χ4n) is 1.95. The Bertz CT molecular complexity index is 464. The maximum absolute atomic E-state index is 4.62. The lowest BCUT2D eigenvalue weighted by atomic mass is 10.1. The molecule has 1 atom stereocenters. The monoisotopic (exact) mass is 260 g/mol. The van der Waals surface area contributed by atoms with Gasteiger partial charge in [0.2, 0.25) is 0 Å². The Kier molecular flexibility index (Phi) is 4.90. The summed E-state index contributed by atoms with van der Waals surface area (Å²) in [6.45, 7) is 5.29. The summed E-state index contributed by atoms with van der Waals surface area (Å²) >= 11 is 1.75. The molecule has 2 nitrogen and oxygen atoms in total. The van der Waals surface area contributed by atoms with Crippen LogP contribution in [0, 0.1) is 6.92 Å². The predicted octanol–water partition coefficient (Wildman–Crippen LogP) is 3.73. The van der Waals surface area contributed by atoms with E-state index in [-0.39, 0.29) is 0 Å². The highest BCUT2D eigenvalue weighted by Crippen LogP contribution is 2.22. The second kappa shape index (κ2) is 6.66. The zero-order valence-electron chi connectivity index (χ0n) is 11.0. The maximum atomic E-state index is 4.62. The van der Waals surface area contributed by atoms with Crippen LogP contribution in [0.3, 0.4) is 0 Å². The number of thiazole rings is 1. The summed E-state index contributed by atoms with van der Waals surface area (Å²) in [5.74, 6) is 0. The molecule has 3 heteroatoms. The normalized spacial score (nSPS) is 12.6. The summed E-state index contributed by atoms with van der Waals surface area (Å²) < 4.78 is 0. The molecule has 1 aromatic heterocycles. The highest BCUT2D eigenvalue weighted by molar-refractivity contribution is 7.09. The van der Waals surface area contributed by atoms with E-state index in [9.17, 15) is 0 Å². The van der Waals surface area contributed by atoms with Crippen molar-refractivity contribution in [3.05, 3.63) is 52.0 Å².